The smallest absolute Gasteiger partial charge is 0.261 e. The Morgan fingerprint density at radius 1 is 1.14 bits per heavy atom. The van der Waals surface area contributed by atoms with Crippen LogP contribution in [-0.2, 0) is 4.79 Å². The van der Waals surface area contributed by atoms with Crippen molar-refractivity contribution in [1.29, 1.82) is 0 Å². The Hall–Kier alpha value is -2.17. The van der Waals surface area contributed by atoms with Crippen LogP contribution in [0.2, 0.25) is 0 Å². The maximum atomic E-state index is 12.3. The summed E-state index contributed by atoms with van der Waals surface area (Å²) >= 11 is 0. The van der Waals surface area contributed by atoms with Crippen molar-refractivity contribution in [3.63, 3.8) is 0 Å². The number of aryl methyl sites for hydroxylation is 1. The number of rotatable bonds is 5. The molecule has 1 unspecified atom stereocenters. The van der Waals surface area contributed by atoms with Crippen LogP contribution < -0.4 is 5.32 Å². The number of hydrogen-bond donors (Lipinski definition) is 1. The number of carbonyl (C=O) groups is 3. The van der Waals surface area contributed by atoms with Crippen LogP contribution in [0, 0.1) is 12.8 Å². The first-order chi connectivity index (χ1) is 10.3. The van der Waals surface area contributed by atoms with Gasteiger partial charge >= 0.3 is 0 Å². The molecule has 118 valence electrons. The second-order valence-corrected chi connectivity index (χ2v) is 6.16. The number of hydrogen-bond acceptors (Lipinski definition) is 3. The van der Waals surface area contributed by atoms with Crippen molar-refractivity contribution in [2.24, 2.45) is 5.92 Å². The van der Waals surface area contributed by atoms with Crippen molar-refractivity contribution in [3.05, 3.63) is 34.9 Å². The number of amides is 3. The lowest BCUT2D eigenvalue weighted by atomic mass is 10.1. The lowest BCUT2D eigenvalue weighted by molar-refractivity contribution is -0.122. The molecule has 2 rings (SSSR count). The van der Waals surface area contributed by atoms with Gasteiger partial charge in [-0.05, 0) is 31.9 Å². The van der Waals surface area contributed by atoms with Gasteiger partial charge in [-0.1, -0.05) is 25.5 Å². The minimum atomic E-state index is -0.315. The molecule has 0 saturated carbocycles. The second-order valence-electron chi connectivity index (χ2n) is 6.16. The molecule has 0 aromatic heterocycles. The van der Waals surface area contributed by atoms with Gasteiger partial charge in [0.2, 0.25) is 5.91 Å². The van der Waals surface area contributed by atoms with Gasteiger partial charge in [-0.2, -0.15) is 0 Å². The Morgan fingerprint density at radius 3 is 2.41 bits per heavy atom. The molecule has 1 heterocycles. The van der Waals surface area contributed by atoms with Gasteiger partial charge in [-0.15, -0.1) is 0 Å². The molecule has 1 atom stereocenters. The molecule has 0 bridgehead atoms. The topological polar surface area (TPSA) is 66.5 Å². The van der Waals surface area contributed by atoms with Crippen LogP contribution >= 0.6 is 0 Å². The van der Waals surface area contributed by atoms with Crippen LogP contribution in [0.5, 0.6) is 0 Å². The third-order valence-electron chi connectivity index (χ3n) is 4.08. The second kappa shape index (κ2) is 6.30. The average molecular weight is 302 g/mol. The summed E-state index contributed by atoms with van der Waals surface area (Å²) < 4.78 is 0. The Morgan fingerprint density at radius 2 is 1.77 bits per heavy atom. The minimum absolute atomic E-state index is 0.0670. The SMILES string of the molecule is Cc1ccc2c(c1)C(=O)N(CCC(=O)NC(C)C(C)C)C2=O. The number of nitrogens with one attached hydrogen (secondary N) is 1. The van der Waals surface area contributed by atoms with E-state index >= 15 is 0 Å². The molecule has 1 aromatic carbocycles. The predicted octanol–water partition coefficient (Wildman–Crippen LogP) is 2.14. The van der Waals surface area contributed by atoms with Crippen molar-refractivity contribution in [2.45, 2.75) is 40.2 Å². The molecule has 0 fully saturated rings. The summed E-state index contributed by atoms with van der Waals surface area (Å²) in [6, 6.07) is 5.27. The van der Waals surface area contributed by atoms with Crippen LogP contribution in [0.3, 0.4) is 0 Å². The highest BCUT2D eigenvalue weighted by atomic mass is 16.2. The van der Waals surface area contributed by atoms with Gasteiger partial charge in [0.1, 0.15) is 0 Å². The van der Waals surface area contributed by atoms with Crippen LogP contribution in [0.4, 0.5) is 0 Å². The van der Waals surface area contributed by atoms with E-state index in [0.717, 1.165) is 10.5 Å². The highest BCUT2D eigenvalue weighted by molar-refractivity contribution is 6.21. The van der Waals surface area contributed by atoms with E-state index in [0.29, 0.717) is 17.0 Å². The molecule has 0 radical (unpaired) electrons. The van der Waals surface area contributed by atoms with Crippen molar-refractivity contribution >= 4 is 17.7 Å². The lowest BCUT2D eigenvalue weighted by Gasteiger charge is -2.18. The van der Waals surface area contributed by atoms with Gasteiger partial charge in [0, 0.05) is 19.0 Å². The number of fused-ring (bicyclic) bond motifs is 1. The first-order valence-electron chi connectivity index (χ1n) is 7.57. The summed E-state index contributed by atoms with van der Waals surface area (Å²) in [4.78, 5) is 37.6. The molecule has 1 aromatic rings. The monoisotopic (exact) mass is 302 g/mol. The normalized spacial score (nSPS) is 15.2. The highest BCUT2D eigenvalue weighted by Crippen LogP contribution is 2.23. The third-order valence-corrected chi connectivity index (χ3v) is 4.08. The van der Waals surface area contributed by atoms with Crippen LogP contribution in [0.25, 0.3) is 0 Å². The quantitative estimate of drug-likeness (QED) is 0.847. The number of nitrogens with zero attached hydrogens (tertiary/aromatic N) is 1. The van der Waals surface area contributed by atoms with Crippen molar-refractivity contribution < 1.29 is 14.4 Å². The van der Waals surface area contributed by atoms with Gasteiger partial charge < -0.3 is 5.32 Å². The van der Waals surface area contributed by atoms with E-state index < -0.39 is 0 Å². The Kier molecular flexibility index (Phi) is 4.64. The number of benzene rings is 1. The van der Waals surface area contributed by atoms with E-state index in [4.69, 9.17) is 0 Å². The van der Waals surface area contributed by atoms with Gasteiger partial charge in [-0.3, -0.25) is 19.3 Å². The molecule has 0 aliphatic carbocycles. The number of imide groups is 1. The summed E-state index contributed by atoms with van der Waals surface area (Å²) in [6.45, 7) is 7.98. The van der Waals surface area contributed by atoms with E-state index in [1.54, 1.807) is 12.1 Å². The Labute approximate surface area is 130 Å². The fourth-order valence-electron chi connectivity index (χ4n) is 2.31. The van der Waals surface area contributed by atoms with Gasteiger partial charge in [0.15, 0.2) is 0 Å². The van der Waals surface area contributed by atoms with E-state index in [9.17, 15) is 14.4 Å². The third kappa shape index (κ3) is 3.18. The van der Waals surface area contributed by atoms with E-state index in [-0.39, 0.29) is 36.7 Å². The lowest BCUT2D eigenvalue weighted by Crippen LogP contribution is -2.39. The van der Waals surface area contributed by atoms with Crippen molar-refractivity contribution in [1.82, 2.24) is 10.2 Å². The van der Waals surface area contributed by atoms with Crippen molar-refractivity contribution in [3.8, 4) is 0 Å². The maximum Gasteiger partial charge on any atom is 0.261 e. The van der Waals surface area contributed by atoms with Crippen LogP contribution in [0.1, 0.15) is 53.5 Å². The zero-order chi connectivity index (χ0) is 16.4. The van der Waals surface area contributed by atoms with Gasteiger partial charge in [-0.25, -0.2) is 0 Å². The van der Waals surface area contributed by atoms with Crippen LogP contribution in [-0.4, -0.2) is 35.2 Å². The molecule has 0 saturated heterocycles. The molecule has 5 nitrogen and oxygen atoms in total. The molecule has 1 N–H and O–H groups in total. The minimum Gasteiger partial charge on any atom is -0.353 e. The van der Waals surface area contributed by atoms with E-state index in [2.05, 4.69) is 5.32 Å². The van der Waals surface area contributed by atoms with Crippen LogP contribution in [0.15, 0.2) is 18.2 Å². The average Bonchev–Trinajstić information content (AvgIpc) is 2.68. The molecule has 0 spiro atoms. The molecule has 1 aliphatic rings. The Balaban J connectivity index is 1.99. The summed E-state index contributed by atoms with van der Waals surface area (Å²) in [5.74, 6) is -0.432. The molecule has 1 aliphatic heterocycles. The summed E-state index contributed by atoms with van der Waals surface area (Å²) in [5, 5.41) is 2.88. The van der Waals surface area contributed by atoms with Gasteiger partial charge in [0.25, 0.3) is 11.8 Å². The maximum absolute atomic E-state index is 12.3. The summed E-state index contributed by atoms with van der Waals surface area (Å²) in [5.41, 5.74) is 1.79. The molecule has 5 heteroatoms. The van der Waals surface area contributed by atoms with Crippen molar-refractivity contribution in [2.75, 3.05) is 6.54 Å². The molecule has 3 amide bonds. The summed E-state index contributed by atoms with van der Waals surface area (Å²) in [7, 11) is 0. The summed E-state index contributed by atoms with van der Waals surface area (Å²) in [6.07, 6.45) is 0.126. The predicted molar refractivity (Wildman–Crippen MR) is 83.6 cm³/mol. The Bertz CT molecular complexity index is 622. The number of carbonyl (C=O) groups excluding carboxylic acids is 3. The molecule has 22 heavy (non-hydrogen) atoms. The molecular formula is C17H22N2O3. The first-order valence-corrected chi connectivity index (χ1v) is 7.57. The zero-order valence-electron chi connectivity index (χ0n) is 13.5. The van der Waals surface area contributed by atoms with E-state index in [1.807, 2.05) is 33.8 Å². The fourth-order valence-corrected chi connectivity index (χ4v) is 2.31. The zero-order valence-corrected chi connectivity index (χ0v) is 13.5. The standard InChI is InChI=1S/C17H22N2O3/c1-10(2)12(4)18-15(20)7-8-19-16(21)13-6-5-11(3)9-14(13)17(19)22/h5-6,9-10,12H,7-8H2,1-4H3,(H,18,20). The van der Waals surface area contributed by atoms with E-state index in [1.165, 1.54) is 0 Å². The largest absolute Gasteiger partial charge is 0.353 e. The molecular weight excluding hydrogens is 280 g/mol. The van der Waals surface area contributed by atoms with Gasteiger partial charge in [0.05, 0.1) is 11.1 Å². The highest BCUT2D eigenvalue weighted by Gasteiger charge is 2.35. The first kappa shape index (κ1) is 16.2. The fraction of sp³-hybridized carbons (Fsp3) is 0.471.